The van der Waals surface area contributed by atoms with E-state index < -0.39 is 0 Å². The largest absolute Gasteiger partial charge is 0.396 e. The number of hydrogen-bond acceptors (Lipinski definition) is 3. The Bertz CT molecular complexity index is 590. The van der Waals surface area contributed by atoms with E-state index >= 15 is 0 Å². The first-order valence-corrected chi connectivity index (χ1v) is 6.08. The molecule has 1 heterocycles. The Morgan fingerprint density at radius 2 is 1.94 bits per heavy atom. The number of nitrogens with zero attached hydrogens (tertiary/aromatic N) is 2. The molecule has 4 nitrogen and oxygen atoms in total. The zero-order chi connectivity index (χ0) is 12.7. The van der Waals surface area contributed by atoms with Crippen LogP contribution in [0.4, 0.5) is 5.69 Å². The maximum absolute atomic E-state index is 12.4. The highest BCUT2D eigenvalue weighted by Crippen LogP contribution is 2.28. The Kier molecular flexibility index (Phi) is 2.44. The fraction of sp³-hybridized carbons (Fsp3) is 0.286. The molecule has 1 aromatic heterocycles. The van der Waals surface area contributed by atoms with Crippen molar-refractivity contribution >= 4 is 11.6 Å². The SMILES string of the molecule is Cc1c(N)cnn1C(=O)C1Cc2ccccc2C1. The maximum atomic E-state index is 12.4. The lowest BCUT2D eigenvalue weighted by Crippen LogP contribution is -2.24. The van der Waals surface area contributed by atoms with Gasteiger partial charge < -0.3 is 5.73 Å². The monoisotopic (exact) mass is 241 g/mol. The van der Waals surface area contributed by atoms with E-state index in [2.05, 4.69) is 17.2 Å². The molecule has 3 rings (SSSR count). The highest BCUT2D eigenvalue weighted by Gasteiger charge is 2.29. The van der Waals surface area contributed by atoms with Crippen molar-refractivity contribution in [2.45, 2.75) is 19.8 Å². The maximum Gasteiger partial charge on any atom is 0.250 e. The van der Waals surface area contributed by atoms with Gasteiger partial charge in [-0.25, -0.2) is 4.68 Å². The number of fused-ring (bicyclic) bond motifs is 1. The van der Waals surface area contributed by atoms with Gasteiger partial charge in [-0.15, -0.1) is 0 Å². The number of rotatable bonds is 1. The van der Waals surface area contributed by atoms with E-state index in [-0.39, 0.29) is 11.8 Å². The van der Waals surface area contributed by atoms with Gasteiger partial charge >= 0.3 is 0 Å². The Morgan fingerprint density at radius 1 is 1.33 bits per heavy atom. The van der Waals surface area contributed by atoms with E-state index in [0.29, 0.717) is 5.69 Å². The molecule has 92 valence electrons. The van der Waals surface area contributed by atoms with Crippen molar-refractivity contribution < 1.29 is 4.79 Å². The first-order chi connectivity index (χ1) is 8.66. The van der Waals surface area contributed by atoms with Crippen molar-refractivity contribution in [1.29, 1.82) is 0 Å². The van der Waals surface area contributed by atoms with Gasteiger partial charge in [-0.2, -0.15) is 5.10 Å². The number of nitrogen functional groups attached to an aromatic ring is 1. The van der Waals surface area contributed by atoms with Crippen LogP contribution < -0.4 is 5.73 Å². The molecule has 1 aromatic carbocycles. The summed E-state index contributed by atoms with van der Waals surface area (Å²) in [7, 11) is 0. The Morgan fingerprint density at radius 3 is 2.44 bits per heavy atom. The standard InChI is InChI=1S/C14H15N3O/c1-9-13(15)8-16-17(9)14(18)12-6-10-4-2-3-5-11(10)7-12/h2-5,8,12H,6-7,15H2,1H3. The number of anilines is 1. The van der Waals surface area contributed by atoms with Gasteiger partial charge in [0.25, 0.3) is 5.91 Å². The summed E-state index contributed by atoms with van der Waals surface area (Å²) in [4.78, 5) is 12.4. The van der Waals surface area contributed by atoms with Gasteiger partial charge in [-0.1, -0.05) is 24.3 Å². The topological polar surface area (TPSA) is 60.9 Å². The fourth-order valence-electron chi connectivity index (χ4n) is 2.55. The smallest absolute Gasteiger partial charge is 0.250 e. The molecule has 0 aliphatic heterocycles. The lowest BCUT2D eigenvalue weighted by molar-refractivity contribution is 0.0820. The molecule has 0 saturated carbocycles. The zero-order valence-electron chi connectivity index (χ0n) is 10.3. The Hall–Kier alpha value is -2.10. The second-order valence-corrected chi connectivity index (χ2v) is 4.81. The molecular weight excluding hydrogens is 226 g/mol. The van der Waals surface area contributed by atoms with E-state index in [0.717, 1.165) is 18.5 Å². The minimum absolute atomic E-state index is 0.0135. The van der Waals surface area contributed by atoms with E-state index in [1.807, 2.05) is 19.1 Å². The minimum Gasteiger partial charge on any atom is -0.396 e. The summed E-state index contributed by atoms with van der Waals surface area (Å²) in [5.74, 6) is 0.0285. The van der Waals surface area contributed by atoms with E-state index in [1.54, 1.807) is 0 Å². The molecule has 1 aliphatic rings. The van der Waals surface area contributed by atoms with Crippen LogP contribution in [0.1, 0.15) is 21.6 Å². The zero-order valence-corrected chi connectivity index (χ0v) is 10.3. The number of carbonyl (C=O) groups is 1. The summed E-state index contributed by atoms with van der Waals surface area (Å²) in [5, 5.41) is 4.06. The van der Waals surface area contributed by atoms with E-state index in [4.69, 9.17) is 5.73 Å². The third-order valence-electron chi connectivity index (χ3n) is 3.66. The normalized spacial score (nSPS) is 14.7. The molecule has 0 saturated heterocycles. The Labute approximate surface area is 105 Å². The molecule has 0 spiro atoms. The van der Waals surface area contributed by atoms with Crippen molar-refractivity contribution in [2.24, 2.45) is 5.92 Å². The third kappa shape index (κ3) is 1.61. The number of hydrogen-bond donors (Lipinski definition) is 1. The molecule has 0 amide bonds. The minimum atomic E-state index is -0.0135. The van der Waals surface area contributed by atoms with Crippen LogP contribution >= 0.6 is 0 Å². The molecule has 0 radical (unpaired) electrons. The number of carbonyl (C=O) groups excluding carboxylic acids is 1. The molecule has 0 fully saturated rings. The highest BCUT2D eigenvalue weighted by molar-refractivity contribution is 5.83. The summed E-state index contributed by atoms with van der Waals surface area (Å²) in [6, 6.07) is 8.21. The van der Waals surface area contributed by atoms with Crippen molar-refractivity contribution in [3.05, 3.63) is 47.3 Å². The molecule has 2 aromatic rings. The summed E-state index contributed by atoms with van der Waals surface area (Å²) in [6.45, 7) is 1.82. The van der Waals surface area contributed by atoms with E-state index in [9.17, 15) is 4.79 Å². The second-order valence-electron chi connectivity index (χ2n) is 4.81. The predicted octanol–water partition coefficient (Wildman–Crippen LogP) is 1.83. The van der Waals surface area contributed by atoms with Gasteiger partial charge in [-0.3, -0.25) is 4.79 Å². The lowest BCUT2D eigenvalue weighted by atomic mass is 10.1. The quantitative estimate of drug-likeness (QED) is 0.828. The molecule has 0 unspecified atom stereocenters. The molecule has 0 atom stereocenters. The van der Waals surface area contributed by atoms with E-state index in [1.165, 1.54) is 22.0 Å². The summed E-state index contributed by atoms with van der Waals surface area (Å²) in [5.41, 5.74) is 9.57. The van der Waals surface area contributed by atoms with Crippen LogP contribution in [0.25, 0.3) is 0 Å². The predicted molar refractivity (Wildman–Crippen MR) is 69.3 cm³/mol. The summed E-state index contributed by atoms with van der Waals surface area (Å²) >= 11 is 0. The van der Waals surface area contributed by atoms with Crippen LogP contribution in [-0.2, 0) is 12.8 Å². The number of benzene rings is 1. The van der Waals surface area contributed by atoms with Crippen molar-refractivity contribution in [2.75, 3.05) is 5.73 Å². The first-order valence-electron chi connectivity index (χ1n) is 6.08. The second kappa shape index (κ2) is 3.98. The van der Waals surface area contributed by atoms with Crippen LogP contribution in [0, 0.1) is 12.8 Å². The van der Waals surface area contributed by atoms with Gasteiger partial charge in [0, 0.05) is 5.92 Å². The molecule has 4 heteroatoms. The molecule has 0 bridgehead atoms. The molecule has 1 aliphatic carbocycles. The average Bonchev–Trinajstić information content (AvgIpc) is 2.94. The van der Waals surface area contributed by atoms with Crippen molar-refractivity contribution in [3.8, 4) is 0 Å². The van der Waals surface area contributed by atoms with Gasteiger partial charge in [0.2, 0.25) is 0 Å². The van der Waals surface area contributed by atoms with Gasteiger partial charge in [0.15, 0.2) is 0 Å². The molecule has 18 heavy (non-hydrogen) atoms. The van der Waals surface area contributed by atoms with Crippen LogP contribution in [0.5, 0.6) is 0 Å². The fourth-order valence-corrected chi connectivity index (χ4v) is 2.55. The summed E-state index contributed by atoms with van der Waals surface area (Å²) in [6.07, 6.45) is 3.14. The highest BCUT2D eigenvalue weighted by atomic mass is 16.2. The van der Waals surface area contributed by atoms with Gasteiger partial charge in [0.1, 0.15) is 0 Å². The summed E-state index contributed by atoms with van der Waals surface area (Å²) < 4.78 is 1.44. The van der Waals surface area contributed by atoms with Crippen LogP contribution in [-0.4, -0.2) is 15.7 Å². The Balaban J connectivity index is 1.87. The van der Waals surface area contributed by atoms with Crippen LogP contribution in [0.15, 0.2) is 30.5 Å². The lowest BCUT2D eigenvalue weighted by Gasteiger charge is -2.09. The van der Waals surface area contributed by atoms with Gasteiger partial charge in [-0.05, 0) is 30.9 Å². The van der Waals surface area contributed by atoms with Crippen molar-refractivity contribution in [1.82, 2.24) is 9.78 Å². The number of aromatic nitrogens is 2. The van der Waals surface area contributed by atoms with Crippen LogP contribution in [0.2, 0.25) is 0 Å². The molecular formula is C14H15N3O. The molecule has 2 N–H and O–H groups in total. The average molecular weight is 241 g/mol. The van der Waals surface area contributed by atoms with Gasteiger partial charge in [0.05, 0.1) is 17.6 Å². The first kappa shape index (κ1) is 11.0. The van der Waals surface area contributed by atoms with Crippen molar-refractivity contribution in [3.63, 3.8) is 0 Å². The van der Waals surface area contributed by atoms with Crippen LogP contribution in [0.3, 0.4) is 0 Å². The third-order valence-corrected chi connectivity index (χ3v) is 3.66. The number of nitrogens with two attached hydrogens (primary N) is 1.